The van der Waals surface area contributed by atoms with Crippen molar-refractivity contribution >= 4 is 0 Å². The van der Waals surface area contributed by atoms with Crippen LogP contribution in [0, 0.1) is 0 Å². The molecule has 20 heavy (non-hydrogen) atoms. The van der Waals surface area contributed by atoms with Crippen molar-refractivity contribution in [3.8, 4) is 0 Å². The van der Waals surface area contributed by atoms with Crippen LogP contribution in [0.5, 0.6) is 0 Å². The van der Waals surface area contributed by atoms with Gasteiger partial charge < -0.3 is 14.8 Å². The Morgan fingerprint density at radius 2 is 1.60 bits per heavy atom. The van der Waals surface area contributed by atoms with Crippen LogP contribution in [0.1, 0.15) is 44.1 Å². The molecule has 0 heterocycles. The predicted molar refractivity (Wildman–Crippen MR) is 81.8 cm³/mol. The van der Waals surface area contributed by atoms with Crippen LogP contribution in [0.15, 0.2) is 30.3 Å². The van der Waals surface area contributed by atoms with Gasteiger partial charge in [0.05, 0.1) is 6.04 Å². The number of nitrogens with one attached hydrogen (secondary N) is 1. The zero-order valence-electron chi connectivity index (χ0n) is 12.8. The summed E-state index contributed by atoms with van der Waals surface area (Å²) in [6.07, 6.45) is 4.81. The highest BCUT2D eigenvalue weighted by atomic mass is 16.7. The van der Waals surface area contributed by atoms with E-state index < -0.39 is 0 Å². The Balaban J connectivity index is 1.80. The highest BCUT2D eigenvalue weighted by Crippen LogP contribution is 2.32. The van der Waals surface area contributed by atoms with Gasteiger partial charge in [0.15, 0.2) is 6.29 Å². The Morgan fingerprint density at radius 1 is 1.00 bits per heavy atom. The minimum absolute atomic E-state index is 0.165. The van der Waals surface area contributed by atoms with Crippen molar-refractivity contribution in [2.45, 2.75) is 56.9 Å². The van der Waals surface area contributed by atoms with E-state index >= 15 is 0 Å². The average molecular weight is 277 g/mol. The number of hydrogen-bond acceptors (Lipinski definition) is 3. The highest BCUT2D eigenvalue weighted by molar-refractivity contribution is 5.20. The third-order valence-corrected chi connectivity index (χ3v) is 4.37. The summed E-state index contributed by atoms with van der Waals surface area (Å²) in [7, 11) is 3.39. The first-order chi connectivity index (χ1) is 9.74. The van der Waals surface area contributed by atoms with Gasteiger partial charge in [-0.25, -0.2) is 0 Å². The van der Waals surface area contributed by atoms with E-state index in [1.807, 2.05) is 0 Å². The molecule has 0 bridgehead atoms. The lowest BCUT2D eigenvalue weighted by molar-refractivity contribution is -0.121. The van der Waals surface area contributed by atoms with Crippen molar-refractivity contribution in [3.05, 3.63) is 35.9 Å². The number of hydrogen-bond donors (Lipinski definition) is 1. The summed E-state index contributed by atoms with van der Waals surface area (Å²) in [5, 5.41) is 3.64. The molecule has 1 fully saturated rings. The van der Waals surface area contributed by atoms with E-state index in [1.165, 1.54) is 31.2 Å². The largest absolute Gasteiger partial charge is 0.354 e. The summed E-state index contributed by atoms with van der Waals surface area (Å²) in [5.74, 6) is 0.727. The van der Waals surface area contributed by atoms with Gasteiger partial charge in [0.2, 0.25) is 0 Å². The van der Waals surface area contributed by atoms with Crippen LogP contribution < -0.4 is 5.32 Å². The van der Waals surface area contributed by atoms with Crippen LogP contribution in [0.2, 0.25) is 0 Å². The van der Waals surface area contributed by atoms with Crippen LogP contribution in [0.4, 0.5) is 0 Å². The molecule has 1 aromatic rings. The first-order valence-electron chi connectivity index (χ1n) is 7.61. The molecule has 3 heteroatoms. The summed E-state index contributed by atoms with van der Waals surface area (Å²) in [6, 6.07) is 11.7. The lowest BCUT2D eigenvalue weighted by Crippen LogP contribution is -2.46. The molecule has 1 saturated carbocycles. The molecule has 1 N–H and O–H groups in total. The first kappa shape index (κ1) is 15.5. The minimum atomic E-state index is -0.165. The molecular weight excluding hydrogens is 250 g/mol. The summed E-state index contributed by atoms with van der Waals surface area (Å²) < 4.78 is 10.6. The number of ether oxygens (including phenoxy) is 2. The summed E-state index contributed by atoms with van der Waals surface area (Å²) >= 11 is 0. The number of benzene rings is 1. The van der Waals surface area contributed by atoms with Gasteiger partial charge in [-0.15, -0.1) is 0 Å². The fourth-order valence-electron chi connectivity index (χ4n) is 3.27. The van der Waals surface area contributed by atoms with Crippen LogP contribution in [0.25, 0.3) is 0 Å². The van der Waals surface area contributed by atoms with Gasteiger partial charge in [0, 0.05) is 20.3 Å². The summed E-state index contributed by atoms with van der Waals surface area (Å²) in [5.41, 5.74) is 1.49. The first-order valence-corrected chi connectivity index (χ1v) is 7.61. The van der Waals surface area contributed by atoms with E-state index in [-0.39, 0.29) is 12.3 Å². The van der Waals surface area contributed by atoms with E-state index in [4.69, 9.17) is 9.47 Å². The second kappa shape index (κ2) is 7.77. The van der Waals surface area contributed by atoms with Crippen molar-refractivity contribution < 1.29 is 9.47 Å². The normalized spacial score (nSPS) is 24.8. The zero-order chi connectivity index (χ0) is 14.4. The molecule has 1 atom stereocenters. The Bertz CT molecular complexity index is 370. The van der Waals surface area contributed by atoms with Gasteiger partial charge in [0.25, 0.3) is 0 Å². The van der Waals surface area contributed by atoms with E-state index in [0.29, 0.717) is 6.04 Å². The SMILES string of the molecule is COC(OC)C(C)NC1CCC(c2ccccc2)CC1. The Kier molecular flexibility index (Phi) is 6.02. The molecule has 0 radical (unpaired) electrons. The lowest BCUT2D eigenvalue weighted by atomic mass is 9.81. The number of rotatable bonds is 6. The van der Waals surface area contributed by atoms with E-state index in [2.05, 4.69) is 42.6 Å². The third kappa shape index (κ3) is 4.05. The minimum Gasteiger partial charge on any atom is -0.354 e. The Morgan fingerprint density at radius 3 is 2.15 bits per heavy atom. The van der Waals surface area contributed by atoms with Crippen molar-refractivity contribution in [3.63, 3.8) is 0 Å². The van der Waals surface area contributed by atoms with Gasteiger partial charge in [0.1, 0.15) is 0 Å². The molecule has 1 aromatic carbocycles. The van der Waals surface area contributed by atoms with E-state index in [1.54, 1.807) is 14.2 Å². The molecule has 0 spiro atoms. The summed E-state index contributed by atoms with van der Waals surface area (Å²) in [4.78, 5) is 0. The monoisotopic (exact) mass is 277 g/mol. The van der Waals surface area contributed by atoms with Crippen LogP contribution in [-0.4, -0.2) is 32.6 Å². The number of methoxy groups -OCH3 is 2. The van der Waals surface area contributed by atoms with Crippen molar-refractivity contribution in [2.75, 3.05) is 14.2 Å². The fourth-order valence-corrected chi connectivity index (χ4v) is 3.27. The Hall–Kier alpha value is -0.900. The lowest BCUT2D eigenvalue weighted by Gasteiger charge is -2.33. The smallest absolute Gasteiger partial charge is 0.171 e. The van der Waals surface area contributed by atoms with E-state index in [0.717, 1.165) is 5.92 Å². The van der Waals surface area contributed by atoms with Crippen molar-refractivity contribution in [1.82, 2.24) is 5.32 Å². The molecule has 0 aliphatic heterocycles. The molecule has 1 aliphatic carbocycles. The molecule has 112 valence electrons. The molecular formula is C17H27NO2. The van der Waals surface area contributed by atoms with E-state index in [9.17, 15) is 0 Å². The standard InChI is InChI=1S/C17H27NO2/c1-13(17(19-2)20-3)18-16-11-9-15(10-12-16)14-7-5-4-6-8-14/h4-8,13,15-18H,9-12H2,1-3H3. The fraction of sp³-hybridized carbons (Fsp3) is 0.647. The topological polar surface area (TPSA) is 30.5 Å². The van der Waals surface area contributed by atoms with Crippen molar-refractivity contribution in [2.24, 2.45) is 0 Å². The van der Waals surface area contributed by atoms with Gasteiger partial charge >= 0.3 is 0 Å². The third-order valence-electron chi connectivity index (χ3n) is 4.37. The maximum absolute atomic E-state index is 5.31. The van der Waals surface area contributed by atoms with Crippen LogP contribution in [0.3, 0.4) is 0 Å². The molecule has 0 amide bonds. The van der Waals surface area contributed by atoms with Crippen molar-refractivity contribution in [1.29, 1.82) is 0 Å². The molecule has 2 rings (SSSR count). The maximum atomic E-state index is 5.31. The van der Waals surface area contributed by atoms with Crippen LogP contribution in [-0.2, 0) is 9.47 Å². The second-order valence-electron chi connectivity index (χ2n) is 5.75. The maximum Gasteiger partial charge on any atom is 0.171 e. The van der Waals surface area contributed by atoms with Gasteiger partial charge in [-0.05, 0) is 44.1 Å². The van der Waals surface area contributed by atoms with Gasteiger partial charge in [-0.1, -0.05) is 30.3 Å². The van der Waals surface area contributed by atoms with Gasteiger partial charge in [-0.3, -0.25) is 0 Å². The molecule has 0 saturated heterocycles. The highest BCUT2D eigenvalue weighted by Gasteiger charge is 2.25. The zero-order valence-corrected chi connectivity index (χ0v) is 12.8. The average Bonchev–Trinajstić information content (AvgIpc) is 2.50. The van der Waals surface area contributed by atoms with Crippen LogP contribution >= 0.6 is 0 Å². The molecule has 3 nitrogen and oxygen atoms in total. The molecule has 0 aromatic heterocycles. The second-order valence-corrected chi connectivity index (χ2v) is 5.75. The quantitative estimate of drug-likeness (QED) is 0.809. The molecule has 1 aliphatic rings. The molecule has 1 unspecified atom stereocenters. The summed E-state index contributed by atoms with van der Waals surface area (Å²) in [6.45, 7) is 2.13. The predicted octanol–water partition coefficient (Wildman–Crippen LogP) is 3.31. The Labute approximate surface area is 122 Å². The van der Waals surface area contributed by atoms with Gasteiger partial charge in [-0.2, -0.15) is 0 Å².